The fraction of sp³-hybridized carbons (Fsp3) is 0.308. The number of nitrogen functional groups attached to an aromatic ring is 1. The molecule has 1 aliphatic heterocycles. The molecule has 8 heteroatoms. The molecule has 34 heavy (non-hydrogen) atoms. The molecular weight excluding hydrogens is 470 g/mol. The van der Waals surface area contributed by atoms with Crippen molar-refractivity contribution in [1.82, 2.24) is 10.2 Å². The van der Waals surface area contributed by atoms with E-state index in [1.807, 2.05) is 6.07 Å². The summed E-state index contributed by atoms with van der Waals surface area (Å²) in [6.07, 6.45) is 2.45. The molecule has 3 aromatic rings. The molecule has 1 aromatic heterocycles. The Morgan fingerprint density at radius 2 is 1.82 bits per heavy atom. The molecule has 0 aliphatic carbocycles. The number of hydrogen-bond acceptors (Lipinski definition) is 6. The zero-order valence-electron chi connectivity index (χ0n) is 19.0. The number of halogens is 1. The number of amides is 1. The predicted molar refractivity (Wildman–Crippen MR) is 137 cm³/mol. The van der Waals surface area contributed by atoms with E-state index in [0.717, 1.165) is 37.1 Å². The van der Waals surface area contributed by atoms with Crippen molar-refractivity contribution < 1.29 is 14.7 Å². The number of Topliss-reactive ketones (excluding diaryl/α,β-unsaturated/α-hetero) is 1. The summed E-state index contributed by atoms with van der Waals surface area (Å²) in [6.45, 7) is 2.02. The van der Waals surface area contributed by atoms with Crippen LogP contribution in [0.4, 0.5) is 5.69 Å². The Morgan fingerprint density at radius 1 is 1.09 bits per heavy atom. The molecule has 4 rings (SSSR count). The third-order valence-electron chi connectivity index (χ3n) is 6.20. The Bertz CT molecular complexity index is 1210. The van der Waals surface area contributed by atoms with Gasteiger partial charge in [0.05, 0.1) is 20.9 Å². The number of thiophene rings is 1. The second kappa shape index (κ2) is 10.6. The van der Waals surface area contributed by atoms with Crippen molar-refractivity contribution in [3.8, 4) is 5.75 Å². The number of nitrogens with zero attached hydrogens (tertiary/aromatic N) is 1. The van der Waals surface area contributed by atoms with Gasteiger partial charge in [-0.1, -0.05) is 35.9 Å². The number of phenols is 1. The molecule has 0 saturated heterocycles. The van der Waals surface area contributed by atoms with Gasteiger partial charge < -0.3 is 21.1 Å². The number of nitrogens with two attached hydrogens (primary N) is 1. The van der Waals surface area contributed by atoms with E-state index in [1.165, 1.54) is 28.5 Å². The Balaban J connectivity index is 1.54. The van der Waals surface area contributed by atoms with Crippen LogP contribution in [0.15, 0.2) is 48.5 Å². The average Bonchev–Trinajstić information content (AvgIpc) is 3.16. The van der Waals surface area contributed by atoms with Gasteiger partial charge >= 0.3 is 0 Å². The van der Waals surface area contributed by atoms with Crippen LogP contribution in [0.5, 0.6) is 5.75 Å². The van der Waals surface area contributed by atoms with Crippen molar-refractivity contribution >= 4 is 40.3 Å². The summed E-state index contributed by atoms with van der Waals surface area (Å²) in [6, 6.07) is 13.7. The van der Waals surface area contributed by atoms with Crippen LogP contribution in [0.25, 0.3) is 0 Å². The second-order valence-corrected chi connectivity index (χ2v) is 10.5. The number of hydrogen-bond donors (Lipinski definition) is 3. The Kier molecular flexibility index (Phi) is 7.56. The maximum absolute atomic E-state index is 13.4. The van der Waals surface area contributed by atoms with E-state index in [2.05, 4.69) is 29.4 Å². The molecule has 6 nitrogen and oxygen atoms in total. The topological polar surface area (TPSA) is 95.7 Å². The lowest BCUT2D eigenvalue weighted by atomic mass is 9.94. The number of anilines is 1. The van der Waals surface area contributed by atoms with Crippen LogP contribution in [-0.2, 0) is 30.5 Å². The molecule has 0 saturated carbocycles. The first-order valence-corrected chi connectivity index (χ1v) is 12.4. The highest BCUT2D eigenvalue weighted by atomic mass is 35.5. The van der Waals surface area contributed by atoms with Gasteiger partial charge in [-0.15, -0.1) is 11.3 Å². The third-order valence-corrected chi connectivity index (χ3v) is 7.43. The Morgan fingerprint density at radius 3 is 2.53 bits per heavy atom. The summed E-state index contributed by atoms with van der Waals surface area (Å²) < 4.78 is 0.509. The van der Waals surface area contributed by atoms with E-state index in [0.29, 0.717) is 9.21 Å². The van der Waals surface area contributed by atoms with Crippen molar-refractivity contribution in [1.29, 1.82) is 0 Å². The van der Waals surface area contributed by atoms with Crippen LogP contribution in [0.1, 0.15) is 31.9 Å². The highest BCUT2D eigenvalue weighted by Crippen LogP contribution is 2.24. The number of carbonyl (C=O) groups is 2. The highest BCUT2D eigenvalue weighted by Gasteiger charge is 2.24. The quantitative estimate of drug-likeness (QED) is 0.340. The Hall–Kier alpha value is -2.87. The molecule has 1 unspecified atom stereocenters. The molecule has 2 heterocycles. The van der Waals surface area contributed by atoms with E-state index >= 15 is 0 Å². The number of fused-ring (bicyclic) bond motifs is 1. The number of carbonyl (C=O) groups excluding carboxylic acids is 2. The maximum atomic E-state index is 13.4. The molecule has 1 atom stereocenters. The van der Waals surface area contributed by atoms with E-state index in [-0.39, 0.29) is 36.0 Å². The molecule has 178 valence electrons. The minimum absolute atomic E-state index is 0.0143. The van der Waals surface area contributed by atoms with Crippen molar-refractivity contribution in [2.75, 3.05) is 25.9 Å². The molecular formula is C26H28ClN3O3S. The molecule has 0 fully saturated rings. The van der Waals surface area contributed by atoms with Crippen LogP contribution in [0.2, 0.25) is 4.34 Å². The van der Waals surface area contributed by atoms with Crippen molar-refractivity contribution in [2.24, 2.45) is 0 Å². The van der Waals surface area contributed by atoms with Crippen molar-refractivity contribution in [3.05, 3.63) is 80.0 Å². The first kappa shape index (κ1) is 24.3. The van der Waals surface area contributed by atoms with Gasteiger partial charge in [0, 0.05) is 19.5 Å². The van der Waals surface area contributed by atoms with Gasteiger partial charge in [-0.3, -0.25) is 9.59 Å². The lowest BCUT2D eigenvalue weighted by molar-refractivity contribution is -0.120. The standard InChI is InChI=1S/C26H28ClN3O3S/c1-30-10-8-18-4-2-16(12-19(18)9-11-30)15-23(32)21(14-17-3-5-22(31)20(28)13-17)29-26(33)24-6-7-25(27)34-24/h2-7,12-13,21,31H,8-11,14-15,28H2,1H3,(H,29,33). The summed E-state index contributed by atoms with van der Waals surface area (Å²) in [4.78, 5) is 29.0. The van der Waals surface area contributed by atoms with Gasteiger partial charge in [0.1, 0.15) is 5.75 Å². The zero-order valence-corrected chi connectivity index (χ0v) is 20.6. The van der Waals surface area contributed by atoms with E-state index in [1.54, 1.807) is 24.3 Å². The third kappa shape index (κ3) is 5.97. The summed E-state index contributed by atoms with van der Waals surface area (Å²) in [7, 11) is 2.13. The van der Waals surface area contributed by atoms with Gasteiger partial charge in [0.25, 0.3) is 5.91 Å². The van der Waals surface area contributed by atoms with Crippen LogP contribution in [0.3, 0.4) is 0 Å². The summed E-state index contributed by atoms with van der Waals surface area (Å²) >= 11 is 7.15. The lowest BCUT2D eigenvalue weighted by Crippen LogP contribution is -2.43. The van der Waals surface area contributed by atoms with Crippen molar-refractivity contribution in [3.63, 3.8) is 0 Å². The number of nitrogens with one attached hydrogen (secondary N) is 1. The molecule has 0 bridgehead atoms. The fourth-order valence-corrected chi connectivity index (χ4v) is 5.15. The van der Waals surface area contributed by atoms with Gasteiger partial charge in [0.2, 0.25) is 0 Å². The molecule has 1 aliphatic rings. The molecule has 1 amide bonds. The first-order chi connectivity index (χ1) is 16.3. The van der Waals surface area contributed by atoms with Gasteiger partial charge in [-0.05, 0) is 72.8 Å². The smallest absolute Gasteiger partial charge is 0.261 e. The molecule has 0 spiro atoms. The second-order valence-electron chi connectivity index (χ2n) is 8.78. The predicted octanol–water partition coefficient (Wildman–Crippen LogP) is 3.87. The number of ketones is 1. The Labute approximate surface area is 208 Å². The monoisotopic (exact) mass is 497 g/mol. The van der Waals surface area contributed by atoms with E-state index in [9.17, 15) is 14.7 Å². The van der Waals surface area contributed by atoms with E-state index < -0.39 is 6.04 Å². The van der Waals surface area contributed by atoms with Gasteiger partial charge in [-0.25, -0.2) is 0 Å². The maximum Gasteiger partial charge on any atom is 0.261 e. The van der Waals surface area contributed by atoms with Crippen molar-refractivity contribution in [2.45, 2.75) is 31.7 Å². The molecule has 4 N–H and O–H groups in total. The van der Waals surface area contributed by atoms with E-state index in [4.69, 9.17) is 17.3 Å². The fourth-order valence-electron chi connectivity index (χ4n) is 4.20. The number of phenolic OH excluding ortho intramolecular Hbond substituents is 1. The number of aromatic hydroxyl groups is 1. The number of rotatable bonds is 7. The molecule has 0 radical (unpaired) electrons. The minimum Gasteiger partial charge on any atom is -0.506 e. The number of likely N-dealkylation sites (N-methyl/N-ethyl adjacent to an activating group) is 1. The first-order valence-electron chi connectivity index (χ1n) is 11.2. The van der Waals surface area contributed by atoms with Gasteiger partial charge in [0.15, 0.2) is 5.78 Å². The number of benzene rings is 2. The summed E-state index contributed by atoms with van der Waals surface area (Å²) in [5.74, 6) is -0.445. The van der Waals surface area contributed by atoms with Crippen LogP contribution in [-0.4, -0.2) is 47.9 Å². The lowest BCUT2D eigenvalue weighted by Gasteiger charge is -2.19. The minimum atomic E-state index is -0.748. The zero-order chi connectivity index (χ0) is 24.2. The molecule has 2 aromatic carbocycles. The average molecular weight is 498 g/mol. The van der Waals surface area contributed by atoms with Crippen LogP contribution >= 0.6 is 22.9 Å². The summed E-state index contributed by atoms with van der Waals surface area (Å²) in [5, 5.41) is 12.6. The highest BCUT2D eigenvalue weighted by molar-refractivity contribution is 7.18. The van der Waals surface area contributed by atoms with Crippen LogP contribution in [0, 0.1) is 0 Å². The SMILES string of the molecule is CN1CCc2ccc(CC(=O)C(Cc3ccc(O)c(N)c3)NC(=O)c3ccc(Cl)s3)cc2CC1. The summed E-state index contributed by atoms with van der Waals surface area (Å²) in [5.41, 5.74) is 10.4. The normalized spacial score (nSPS) is 14.8. The van der Waals surface area contributed by atoms with Gasteiger partial charge in [-0.2, -0.15) is 0 Å². The largest absolute Gasteiger partial charge is 0.506 e. The van der Waals surface area contributed by atoms with Crippen LogP contribution < -0.4 is 11.1 Å².